The zero-order valence-corrected chi connectivity index (χ0v) is 26.8. The van der Waals surface area contributed by atoms with Gasteiger partial charge in [-0.15, -0.1) is 0 Å². The number of carboxylic acid groups (broad SMARTS) is 2. The standard InChI is InChI=1S/C28H38ClN3O4S.C4H4O4/c29-24-6-4-23(5-7-24)28(10-1-11-28)27-26-21-25(8-3-22(26)9-12-30-27)36-17-13-31-37(33,34)20-2-14-32-15-18-35-19-16-32;5-3(6)1-2-4(7)8/h3-8,21,27,30-31H,1-2,9-20H2;1-2H,(H,5,6)(H,7,8)/b;2-1+. The van der Waals surface area contributed by atoms with Crippen LogP contribution in [0.4, 0.5) is 0 Å². The Labute approximate surface area is 269 Å². The number of benzene rings is 2. The minimum Gasteiger partial charge on any atom is -0.492 e. The van der Waals surface area contributed by atoms with Crippen LogP contribution in [0.5, 0.6) is 5.75 Å². The summed E-state index contributed by atoms with van der Waals surface area (Å²) in [5, 5.41) is 20.2. The zero-order chi connectivity index (χ0) is 32.3. The quantitative estimate of drug-likeness (QED) is 0.185. The molecule has 0 spiro atoms. The van der Waals surface area contributed by atoms with Crippen LogP contribution >= 0.6 is 11.6 Å². The number of nitrogens with one attached hydrogen (secondary N) is 2. The van der Waals surface area contributed by atoms with Gasteiger partial charge in [-0.2, -0.15) is 0 Å². The third kappa shape index (κ3) is 10.2. The number of hydrogen-bond donors (Lipinski definition) is 4. The van der Waals surface area contributed by atoms with Gasteiger partial charge in [-0.05, 0) is 79.7 Å². The average Bonchev–Trinajstić information content (AvgIpc) is 2.99. The van der Waals surface area contributed by atoms with Gasteiger partial charge in [-0.25, -0.2) is 22.7 Å². The Morgan fingerprint density at radius 1 is 1.09 bits per heavy atom. The summed E-state index contributed by atoms with van der Waals surface area (Å²) >= 11 is 6.18. The van der Waals surface area contributed by atoms with Gasteiger partial charge < -0.3 is 25.0 Å². The molecule has 0 amide bonds. The molecule has 3 aliphatic rings. The largest absolute Gasteiger partial charge is 0.492 e. The van der Waals surface area contributed by atoms with E-state index in [0.717, 1.165) is 69.4 Å². The molecule has 2 aromatic carbocycles. The highest BCUT2D eigenvalue weighted by Gasteiger charge is 2.47. The van der Waals surface area contributed by atoms with Crippen LogP contribution < -0.4 is 14.8 Å². The SMILES string of the molecule is O=C(O)/C=C/C(=O)O.O=S(=O)(CCCN1CCOCC1)NCCOc1ccc2c(c1)C(C1(c3ccc(Cl)cc3)CCC1)NCC2. The summed E-state index contributed by atoms with van der Waals surface area (Å²) in [6.45, 7) is 5.49. The Hall–Kier alpha value is -3.00. The monoisotopic (exact) mass is 663 g/mol. The van der Waals surface area contributed by atoms with E-state index in [9.17, 15) is 18.0 Å². The number of aliphatic carboxylic acids is 2. The van der Waals surface area contributed by atoms with E-state index in [1.807, 2.05) is 18.2 Å². The van der Waals surface area contributed by atoms with Gasteiger partial charge in [0.15, 0.2) is 0 Å². The maximum atomic E-state index is 12.4. The van der Waals surface area contributed by atoms with Crippen molar-refractivity contribution < 1.29 is 37.7 Å². The van der Waals surface area contributed by atoms with E-state index in [-0.39, 0.29) is 23.8 Å². The predicted octanol–water partition coefficient (Wildman–Crippen LogP) is 3.38. The van der Waals surface area contributed by atoms with Crippen LogP contribution in [0.3, 0.4) is 0 Å². The second kappa shape index (κ2) is 16.5. The first-order valence-electron chi connectivity index (χ1n) is 15.2. The molecule has 2 aliphatic heterocycles. The number of carboxylic acids is 2. The smallest absolute Gasteiger partial charge is 0.328 e. The maximum Gasteiger partial charge on any atom is 0.328 e. The predicted molar refractivity (Wildman–Crippen MR) is 171 cm³/mol. The van der Waals surface area contributed by atoms with Gasteiger partial charge in [-0.1, -0.05) is 36.2 Å². The van der Waals surface area contributed by atoms with Crippen molar-refractivity contribution in [3.8, 4) is 5.75 Å². The number of fused-ring (bicyclic) bond motifs is 1. The molecule has 2 fully saturated rings. The lowest BCUT2D eigenvalue weighted by Crippen LogP contribution is -2.49. The van der Waals surface area contributed by atoms with Gasteiger partial charge in [0.2, 0.25) is 10.0 Å². The van der Waals surface area contributed by atoms with Crippen LogP contribution in [0.1, 0.15) is 48.4 Å². The van der Waals surface area contributed by atoms with Crippen molar-refractivity contribution >= 4 is 33.6 Å². The first-order chi connectivity index (χ1) is 21.6. The van der Waals surface area contributed by atoms with Gasteiger partial charge in [0.05, 0.1) is 19.0 Å². The number of halogens is 1. The molecule has 5 rings (SSSR count). The number of hydrogen-bond acceptors (Lipinski definition) is 8. The number of rotatable bonds is 13. The van der Waals surface area contributed by atoms with Crippen molar-refractivity contribution in [3.05, 3.63) is 76.3 Å². The van der Waals surface area contributed by atoms with Gasteiger partial charge in [-0.3, -0.25) is 4.90 Å². The van der Waals surface area contributed by atoms with Gasteiger partial charge in [0.1, 0.15) is 12.4 Å². The lowest BCUT2D eigenvalue weighted by molar-refractivity contribution is -0.134. The third-order valence-corrected chi connectivity index (χ3v) is 10.2. The van der Waals surface area contributed by atoms with E-state index in [1.54, 1.807) is 0 Å². The highest BCUT2D eigenvalue weighted by molar-refractivity contribution is 7.89. The fourth-order valence-electron chi connectivity index (χ4n) is 6.08. The van der Waals surface area contributed by atoms with Crippen LogP contribution in [0.2, 0.25) is 5.02 Å². The van der Waals surface area contributed by atoms with Crippen molar-refractivity contribution in [3.63, 3.8) is 0 Å². The molecular weight excluding hydrogens is 622 g/mol. The highest BCUT2D eigenvalue weighted by Crippen LogP contribution is 2.53. The molecule has 2 heterocycles. The summed E-state index contributed by atoms with van der Waals surface area (Å²) in [7, 11) is -3.32. The van der Waals surface area contributed by atoms with E-state index >= 15 is 0 Å². The zero-order valence-electron chi connectivity index (χ0n) is 25.3. The van der Waals surface area contributed by atoms with E-state index in [0.29, 0.717) is 25.2 Å². The number of nitrogens with zero attached hydrogens (tertiary/aromatic N) is 1. The molecule has 246 valence electrons. The first kappa shape index (κ1) is 34.9. The Bertz CT molecular complexity index is 1410. The highest BCUT2D eigenvalue weighted by atomic mass is 35.5. The maximum absolute atomic E-state index is 12.4. The van der Waals surface area contributed by atoms with Crippen molar-refractivity contribution in [2.45, 2.75) is 43.6 Å². The molecule has 4 N–H and O–H groups in total. The van der Waals surface area contributed by atoms with Gasteiger partial charge in [0.25, 0.3) is 0 Å². The Kier molecular flexibility index (Phi) is 12.8. The van der Waals surface area contributed by atoms with Gasteiger partial charge in [0, 0.05) is 48.3 Å². The summed E-state index contributed by atoms with van der Waals surface area (Å²) in [5.74, 6) is -1.60. The van der Waals surface area contributed by atoms with Gasteiger partial charge >= 0.3 is 11.9 Å². The van der Waals surface area contributed by atoms with Crippen molar-refractivity contribution in [2.75, 3.05) is 58.3 Å². The molecule has 1 saturated carbocycles. The molecule has 0 radical (unpaired) electrons. The molecular formula is C32H42ClN3O8S. The van der Waals surface area contributed by atoms with Crippen molar-refractivity contribution in [1.29, 1.82) is 0 Å². The minimum absolute atomic E-state index is 0.0647. The lowest BCUT2D eigenvalue weighted by Gasteiger charge is -2.50. The summed E-state index contributed by atoms with van der Waals surface area (Å²) in [6.07, 6.45) is 6.23. The van der Waals surface area contributed by atoms with Crippen LogP contribution in [0.15, 0.2) is 54.6 Å². The summed E-state index contributed by atoms with van der Waals surface area (Å²) in [6, 6.07) is 14.9. The van der Waals surface area contributed by atoms with Crippen molar-refractivity contribution in [1.82, 2.24) is 14.9 Å². The number of ether oxygens (including phenoxy) is 2. The second-order valence-corrected chi connectivity index (χ2v) is 13.8. The van der Waals surface area contributed by atoms with E-state index in [4.69, 9.17) is 31.3 Å². The fourth-order valence-corrected chi connectivity index (χ4v) is 7.25. The minimum atomic E-state index is -3.32. The second-order valence-electron chi connectivity index (χ2n) is 11.4. The summed E-state index contributed by atoms with van der Waals surface area (Å²) < 4.78 is 38.8. The summed E-state index contributed by atoms with van der Waals surface area (Å²) in [4.78, 5) is 21.4. The first-order valence-corrected chi connectivity index (χ1v) is 17.3. The Balaban J connectivity index is 0.000000510. The molecule has 0 bridgehead atoms. The van der Waals surface area contributed by atoms with E-state index in [1.165, 1.54) is 23.1 Å². The third-order valence-electron chi connectivity index (χ3n) is 8.44. The molecule has 1 saturated heterocycles. The van der Waals surface area contributed by atoms with Crippen molar-refractivity contribution in [2.24, 2.45) is 0 Å². The molecule has 1 unspecified atom stereocenters. The lowest BCUT2D eigenvalue weighted by atomic mass is 9.58. The Morgan fingerprint density at radius 3 is 2.40 bits per heavy atom. The van der Waals surface area contributed by atoms with Crippen LogP contribution in [0, 0.1) is 0 Å². The van der Waals surface area contributed by atoms with Crippen LogP contribution in [-0.2, 0) is 36.2 Å². The summed E-state index contributed by atoms with van der Waals surface area (Å²) in [5.41, 5.74) is 4.05. The molecule has 13 heteroatoms. The number of sulfonamides is 1. The Morgan fingerprint density at radius 2 is 1.78 bits per heavy atom. The number of morpholine rings is 1. The normalized spacial score (nSPS) is 19.5. The van der Waals surface area contributed by atoms with E-state index in [2.05, 4.69) is 39.2 Å². The molecule has 2 aromatic rings. The molecule has 45 heavy (non-hydrogen) atoms. The van der Waals surface area contributed by atoms with E-state index < -0.39 is 22.0 Å². The number of carbonyl (C=O) groups is 2. The molecule has 11 nitrogen and oxygen atoms in total. The topological polar surface area (TPSA) is 154 Å². The molecule has 0 aromatic heterocycles. The fraction of sp³-hybridized carbons (Fsp3) is 0.500. The molecule has 1 atom stereocenters. The average molecular weight is 664 g/mol. The van der Waals surface area contributed by atoms with Crippen LogP contribution in [-0.4, -0.2) is 93.8 Å². The van der Waals surface area contributed by atoms with Crippen LogP contribution in [0.25, 0.3) is 0 Å². The molecule has 1 aliphatic carbocycles.